The van der Waals surface area contributed by atoms with Gasteiger partial charge in [0.25, 0.3) is 5.56 Å². The van der Waals surface area contributed by atoms with Gasteiger partial charge in [0.15, 0.2) is 0 Å². The van der Waals surface area contributed by atoms with Crippen LogP contribution in [0.3, 0.4) is 0 Å². The number of alkyl halides is 3. The van der Waals surface area contributed by atoms with E-state index in [2.05, 4.69) is 0 Å². The molecule has 0 spiro atoms. The number of ether oxygens (including phenoxy) is 1. The molecule has 0 fully saturated rings. The summed E-state index contributed by atoms with van der Waals surface area (Å²) in [5.74, 6) is 0. The van der Waals surface area contributed by atoms with Crippen molar-refractivity contribution in [2.45, 2.75) is 12.8 Å². The summed E-state index contributed by atoms with van der Waals surface area (Å²) < 4.78 is 45.1. The van der Waals surface area contributed by atoms with E-state index in [1.807, 2.05) is 0 Å². The van der Waals surface area contributed by atoms with Gasteiger partial charge >= 0.3 is 18.0 Å². The number of aromatic nitrogens is 2. The Morgan fingerprint density at radius 1 is 1.19 bits per heavy atom. The molecule has 3 rings (SSSR count). The Kier molecular flexibility index (Phi) is 4.45. The van der Waals surface area contributed by atoms with E-state index in [-0.39, 0.29) is 15.5 Å². The molecule has 0 saturated carbocycles. The topological polar surface area (TPSA) is 70.3 Å². The molecule has 10 heteroatoms. The molecule has 2 heterocycles. The molecule has 0 saturated heterocycles. The minimum atomic E-state index is -4.62. The van der Waals surface area contributed by atoms with Crippen LogP contribution in [0.2, 0.25) is 0 Å². The van der Waals surface area contributed by atoms with E-state index in [0.717, 1.165) is 28.0 Å². The molecule has 26 heavy (non-hydrogen) atoms. The van der Waals surface area contributed by atoms with Gasteiger partial charge in [0, 0.05) is 12.6 Å². The smallest absolute Gasteiger partial charge is 0.425 e. The molecule has 1 aromatic carbocycles. The minimum absolute atomic E-state index is 0.143. The second kappa shape index (κ2) is 6.45. The van der Waals surface area contributed by atoms with Gasteiger partial charge in [-0.3, -0.25) is 9.36 Å². The molecule has 0 atom stereocenters. The third kappa shape index (κ3) is 3.03. The van der Waals surface area contributed by atoms with Gasteiger partial charge in [-0.2, -0.15) is 17.7 Å². The van der Waals surface area contributed by atoms with Gasteiger partial charge in [-0.15, -0.1) is 11.3 Å². The molecule has 0 aliphatic carbocycles. The van der Waals surface area contributed by atoms with Crippen molar-refractivity contribution in [1.29, 1.82) is 0 Å². The highest BCUT2D eigenvalue weighted by Crippen LogP contribution is 2.32. The molecule has 136 valence electrons. The fraction of sp³-hybridized carbons (Fsp3) is 0.188. The zero-order valence-electron chi connectivity index (χ0n) is 13.2. The first kappa shape index (κ1) is 17.9. The zero-order chi connectivity index (χ0) is 19.1. The molecule has 0 amide bonds. The second-order valence-electron chi connectivity index (χ2n) is 5.33. The number of nitrogens with zero attached hydrogens (tertiary/aromatic N) is 2. The SMILES string of the molecule is Cn1c(=O)n(C(=O)OCc2ccccc2C(F)(F)F)c(=O)c2ccsc21. The van der Waals surface area contributed by atoms with Crippen molar-refractivity contribution in [3.63, 3.8) is 0 Å². The number of halogens is 3. The molecule has 3 aromatic rings. The van der Waals surface area contributed by atoms with Crippen LogP contribution in [0.4, 0.5) is 18.0 Å². The lowest BCUT2D eigenvalue weighted by molar-refractivity contribution is -0.138. The quantitative estimate of drug-likeness (QED) is 0.681. The number of hydrogen-bond acceptors (Lipinski definition) is 5. The predicted molar refractivity (Wildman–Crippen MR) is 88.4 cm³/mol. The summed E-state index contributed by atoms with van der Waals surface area (Å²) >= 11 is 1.15. The number of thiophene rings is 1. The lowest BCUT2D eigenvalue weighted by Crippen LogP contribution is -2.43. The van der Waals surface area contributed by atoms with Crippen LogP contribution >= 0.6 is 11.3 Å². The van der Waals surface area contributed by atoms with Crippen LogP contribution in [0, 0.1) is 0 Å². The summed E-state index contributed by atoms with van der Waals surface area (Å²) in [5, 5.41) is 1.73. The van der Waals surface area contributed by atoms with Crippen LogP contribution in [0.15, 0.2) is 45.3 Å². The van der Waals surface area contributed by atoms with Crippen LogP contribution in [-0.4, -0.2) is 15.2 Å². The molecule has 0 bridgehead atoms. The Morgan fingerprint density at radius 2 is 1.88 bits per heavy atom. The first-order valence-corrected chi connectivity index (χ1v) is 8.11. The standard InChI is InChI=1S/C16H11F3N2O4S/c1-20-13-10(6-7-26-13)12(22)21(14(20)23)15(24)25-8-9-4-2-3-5-11(9)16(17,18)19/h2-7H,8H2,1H3. The number of aryl methyl sites for hydroxylation is 1. The maximum absolute atomic E-state index is 13.0. The highest BCUT2D eigenvalue weighted by atomic mass is 32.1. The van der Waals surface area contributed by atoms with Gasteiger partial charge in [0.1, 0.15) is 11.4 Å². The van der Waals surface area contributed by atoms with Crippen molar-refractivity contribution in [2.24, 2.45) is 7.05 Å². The first-order valence-electron chi connectivity index (χ1n) is 7.23. The number of carbonyl (C=O) groups excluding carboxylic acids is 1. The Labute approximate surface area is 147 Å². The van der Waals surface area contributed by atoms with E-state index in [0.29, 0.717) is 4.83 Å². The summed E-state index contributed by atoms with van der Waals surface area (Å²) in [4.78, 5) is 37.1. The Hall–Kier alpha value is -2.88. The number of rotatable bonds is 2. The molecule has 0 unspecified atom stereocenters. The third-order valence-electron chi connectivity index (χ3n) is 3.72. The zero-order valence-corrected chi connectivity index (χ0v) is 14.1. The number of carbonyl (C=O) groups is 1. The average molecular weight is 384 g/mol. The van der Waals surface area contributed by atoms with Crippen molar-refractivity contribution in [3.8, 4) is 0 Å². The van der Waals surface area contributed by atoms with Gasteiger partial charge in [-0.25, -0.2) is 9.59 Å². The second-order valence-corrected chi connectivity index (χ2v) is 6.23. The number of benzene rings is 1. The summed E-state index contributed by atoms with van der Waals surface area (Å²) in [7, 11) is 1.38. The lowest BCUT2D eigenvalue weighted by Gasteiger charge is -2.13. The monoisotopic (exact) mass is 384 g/mol. The fourth-order valence-corrected chi connectivity index (χ4v) is 3.31. The van der Waals surface area contributed by atoms with Crippen LogP contribution in [-0.2, 0) is 24.6 Å². The molecular weight excluding hydrogens is 373 g/mol. The first-order chi connectivity index (χ1) is 12.2. The molecule has 0 N–H and O–H groups in total. The van der Waals surface area contributed by atoms with Crippen molar-refractivity contribution in [2.75, 3.05) is 0 Å². The summed E-state index contributed by atoms with van der Waals surface area (Å²) in [6.07, 6.45) is -5.95. The highest BCUT2D eigenvalue weighted by molar-refractivity contribution is 7.16. The van der Waals surface area contributed by atoms with Crippen LogP contribution in [0.1, 0.15) is 11.1 Å². The molecule has 0 radical (unpaired) electrons. The maximum atomic E-state index is 13.0. The Balaban J connectivity index is 1.95. The molecule has 2 aromatic heterocycles. The van der Waals surface area contributed by atoms with Crippen LogP contribution in [0.5, 0.6) is 0 Å². The van der Waals surface area contributed by atoms with Crippen molar-refractivity contribution < 1.29 is 22.7 Å². The van der Waals surface area contributed by atoms with E-state index >= 15 is 0 Å². The Morgan fingerprint density at radius 3 is 2.58 bits per heavy atom. The molecular formula is C16H11F3N2O4S. The van der Waals surface area contributed by atoms with E-state index in [9.17, 15) is 27.6 Å². The van der Waals surface area contributed by atoms with Gasteiger partial charge in [0.2, 0.25) is 0 Å². The van der Waals surface area contributed by atoms with Crippen molar-refractivity contribution >= 4 is 27.6 Å². The summed E-state index contributed by atoms with van der Waals surface area (Å²) in [6.45, 7) is -0.730. The van der Waals surface area contributed by atoms with E-state index in [1.165, 1.54) is 25.2 Å². The third-order valence-corrected chi connectivity index (χ3v) is 4.71. The predicted octanol–water partition coefficient (Wildman–Crippen LogP) is 2.97. The minimum Gasteiger partial charge on any atom is -0.444 e. The van der Waals surface area contributed by atoms with Gasteiger partial charge in [0.05, 0.1) is 10.9 Å². The van der Waals surface area contributed by atoms with E-state index in [4.69, 9.17) is 4.74 Å². The van der Waals surface area contributed by atoms with Crippen LogP contribution in [0.25, 0.3) is 10.2 Å². The molecule has 0 aliphatic rings. The highest BCUT2D eigenvalue weighted by Gasteiger charge is 2.33. The number of fused-ring (bicyclic) bond motifs is 1. The number of hydrogen-bond donors (Lipinski definition) is 0. The average Bonchev–Trinajstić information content (AvgIpc) is 3.08. The van der Waals surface area contributed by atoms with Crippen molar-refractivity contribution in [3.05, 3.63) is 67.7 Å². The van der Waals surface area contributed by atoms with Gasteiger partial charge in [-0.05, 0) is 17.5 Å². The maximum Gasteiger partial charge on any atom is 0.425 e. The summed E-state index contributed by atoms with van der Waals surface area (Å²) in [6, 6.07) is 6.02. The molecule has 6 nitrogen and oxygen atoms in total. The Bertz CT molecular complexity index is 1110. The van der Waals surface area contributed by atoms with Gasteiger partial charge < -0.3 is 4.74 Å². The van der Waals surface area contributed by atoms with E-state index < -0.39 is 35.7 Å². The van der Waals surface area contributed by atoms with Crippen LogP contribution < -0.4 is 11.2 Å². The fourth-order valence-electron chi connectivity index (χ4n) is 2.46. The van der Waals surface area contributed by atoms with Crippen molar-refractivity contribution in [1.82, 2.24) is 9.13 Å². The normalized spacial score (nSPS) is 11.7. The lowest BCUT2D eigenvalue weighted by atomic mass is 10.1. The van der Waals surface area contributed by atoms with E-state index in [1.54, 1.807) is 5.38 Å². The summed E-state index contributed by atoms with van der Waals surface area (Å²) in [5.41, 5.74) is -3.05. The largest absolute Gasteiger partial charge is 0.444 e. The van der Waals surface area contributed by atoms with Gasteiger partial charge in [-0.1, -0.05) is 18.2 Å². The molecule has 0 aliphatic heterocycles.